The molecule has 0 aliphatic heterocycles. The first-order valence-electron chi connectivity index (χ1n) is 25.0. The molecule has 2 fully saturated rings. The van der Waals surface area contributed by atoms with Crippen LogP contribution in [0.25, 0.3) is 70.7 Å². The number of hydrogen-bond acceptors (Lipinski definition) is 3. The molecule has 1 radical (unpaired) electrons. The molecule has 9 aromatic rings. The molecule has 3 heterocycles. The maximum atomic E-state index is 5.31. The Labute approximate surface area is 425 Å². The van der Waals surface area contributed by atoms with Crippen LogP contribution in [0.5, 0.6) is 0 Å². The van der Waals surface area contributed by atoms with Gasteiger partial charge in [0.2, 0.25) is 0 Å². The topological polar surface area (TPSA) is 30.7 Å². The van der Waals surface area contributed by atoms with E-state index in [-0.39, 0.29) is 25.5 Å². The summed E-state index contributed by atoms with van der Waals surface area (Å²) in [5.41, 5.74) is 13.4. The Morgan fingerprint density at radius 1 is 0.706 bits per heavy atom. The zero-order chi connectivity index (χ0) is 46.1. The minimum atomic E-state index is -1.89. The molecule has 0 atom stereocenters. The van der Waals surface area contributed by atoms with Gasteiger partial charge in [-0.2, -0.15) is 11.3 Å². The van der Waals surface area contributed by atoms with E-state index in [1.54, 1.807) is 9.96 Å². The predicted molar refractivity (Wildman–Crippen MR) is 290 cm³/mol. The standard InChI is InChI=1S/C41H37N2S.C21H28GeN.Ir/c1-41(2,3)30-22-24-36(34(26-30)28-15-8-5-9-16-28)43-37-20-11-10-19-35(37)42-40(43)33-18-12-17-32-31-23-21-29(25-38(31)44-39(32)33)27-13-6-4-7-14-27;1-22(2,3)20-16-23-21(18-12-8-5-9-13-18)15-19(20)14-17-10-6-4-7-11-17;/h5,8-12,15-17,19-27H,4,6-7,13-14H2,1-3H3;5,8-9,12,15-17H,4,6-7,10-11,14H2,1-3H3;/q2*-1;. The molecule has 0 saturated heterocycles. The molecule has 0 bridgehead atoms. The summed E-state index contributed by atoms with van der Waals surface area (Å²) < 4.78 is 6.58. The van der Waals surface area contributed by atoms with Crippen LogP contribution in [0.2, 0.25) is 17.3 Å². The van der Waals surface area contributed by atoms with Gasteiger partial charge in [0.1, 0.15) is 0 Å². The molecule has 2 aliphatic carbocycles. The average Bonchev–Trinajstić information content (AvgIpc) is 3.93. The SMILES string of the molecule is CC(C)(C)c1ccc(-n2c(-c3[c-]ccc4c3sc3cc(C5CCCCC5)ccc34)nc3ccccc32)c(-c2ccccc2)c1.[CH3][Ge]([CH3])([CH3])[c]1cnc(-c2[c-]cccc2)cc1CC1CCCCC1.[Ir]. The molecule has 3 nitrogen and oxygen atoms in total. The largest absolute Gasteiger partial charge is 0 e. The van der Waals surface area contributed by atoms with Gasteiger partial charge in [0.25, 0.3) is 0 Å². The maximum absolute atomic E-state index is 5.31. The van der Waals surface area contributed by atoms with Gasteiger partial charge >= 0.3 is 144 Å². The quantitative estimate of drug-likeness (QED) is 0.112. The minimum Gasteiger partial charge on any atom is 0 e. The fourth-order valence-electron chi connectivity index (χ4n) is 10.8. The number of imidazole rings is 1. The molecule has 6 heteroatoms. The molecule has 0 amide bonds. The third-order valence-corrected chi connectivity index (χ3v) is 20.0. The van der Waals surface area contributed by atoms with E-state index in [4.69, 9.17) is 9.97 Å². The first-order valence-corrected chi connectivity index (χ1v) is 33.2. The summed E-state index contributed by atoms with van der Waals surface area (Å²) in [6, 6.07) is 55.3. The van der Waals surface area contributed by atoms with E-state index in [9.17, 15) is 0 Å². The zero-order valence-electron chi connectivity index (χ0n) is 40.8. The third-order valence-electron chi connectivity index (χ3n) is 14.5. The number of benzene rings is 6. The summed E-state index contributed by atoms with van der Waals surface area (Å²) >= 11 is 0.0102. The normalized spacial score (nSPS) is 15.0. The number of rotatable bonds is 8. The van der Waals surface area contributed by atoms with Gasteiger partial charge in [-0.25, -0.2) is 0 Å². The van der Waals surface area contributed by atoms with Gasteiger partial charge in [0.05, 0.1) is 16.9 Å². The summed E-state index contributed by atoms with van der Waals surface area (Å²) in [5.74, 6) is 9.96. The molecule has 349 valence electrons. The molecule has 2 aliphatic rings. The monoisotopic (exact) mass is 1150 g/mol. The Morgan fingerprint density at radius 2 is 1.44 bits per heavy atom. The van der Waals surface area contributed by atoms with Gasteiger partial charge in [-0.05, 0) is 81.3 Å². The van der Waals surface area contributed by atoms with Crippen LogP contribution in [0.4, 0.5) is 0 Å². The van der Waals surface area contributed by atoms with Crippen molar-refractivity contribution in [3.63, 3.8) is 0 Å². The van der Waals surface area contributed by atoms with Crippen molar-refractivity contribution in [3.05, 3.63) is 168 Å². The number of aromatic nitrogens is 3. The minimum absolute atomic E-state index is 0. The number of thiophene rings is 1. The summed E-state index contributed by atoms with van der Waals surface area (Å²) in [5, 5.41) is 2.63. The van der Waals surface area contributed by atoms with Crippen molar-refractivity contribution in [1.82, 2.24) is 14.5 Å². The van der Waals surface area contributed by atoms with E-state index in [0.717, 1.165) is 45.3 Å². The van der Waals surface area contributed by atoms with E-state index in [1.165, 1.54) is 113 Å². The molecule has 2 saturated carbocycles. The Morgan fingerprint density at radius 3 is 2.18 bits per heavy atom. The zero-order valence-corrected chi connectivity index (χ0v) is 46.1. The van der Waals surface area contributed by atoms with Crippen molar-refractivity contribution in [2.75, 3.05) is 0 Å². The molecule has 0 N–H and O–H groups in total. The molecular formula is C62H65GeIrN3S-2. The molecule has 3 aromatic heterocycles. The first-order chi connectivity index (χ1) is 32.5. The van der Waals surface area contributed by atoms with Crippen molar-refractivity contribution in [3.8, 4) is 39.5 Å². The fourth-order valence-corrected chi connectivity index (χ4v) is 15.4. The van der Waals surface area contributed by atoms with Crippen LogP contribution >= 0.6 is 11.3 Å². The second kappa shape index (κ2) is 20.8. The van der Waals surface area contributed by atoms with Crippen molar-refractivity contribution in [2.45, 2.75) is 120 Å². The van der Waals surface area contributed by atoms with E-state index >= 15 is 0 Å². The van der Waals surface area contributed by atoms with E-state index in [2.05, 4.69) is 182 Å². The van der Waals surface area contributed by atoms with E-state index < -0.39 is 13.3 Å². The van der Waals surface area contributed by atoms with Gasteiger partial charge in [-0.3, -0.25) is 4.98 Å². The molecule has 0 spiro atoms. The molecule has 0 unspecified atom stereocenters. The van der Waals surface area contributed by atoms with Crippen LogP contribution in [0.15, 0.2) is 140 Å². The van der Waals surface area contributed by atoms with Gasteiger partial charge in [0.15, 0.2) is 0 Å². The average molecular weight is 1150 g/mol. The third kappa shape index (κ3) is 10.3. The number of para-hydroxylation sites is 2. The van der Waals surface area contributed by atoms with Crippen LogP contribution in [0, 0.1) is 18.1 Å². The van der Waals surface area contributed by atoms with E-state index in [1.807, 2.05) is 23.5 Å². The van der Waals surface area contributed by atoms with Crippen LogP contribution in [-0.2, 0) is 31.9 Å². The first kappa shape index (κ1) is 48.4. The van der Waals surface area contributed by atoms with Crippen LogP contribution in [-0.4, -0.2) is 27.8 Å². The smallest absolute Gasteiger partial charge is 0 e. The number of hydrogen-bond donors (Lipinski definition) is 0. The Bertz CT molecular complexity index is 3140. The van der Waals surface area contributed by atoms with Crippen molar-refractivity contribution >= 4 is 60.2 Å². The molecule has 6 aromatic carbocycles. The van der Waals surface area contributed by atoms with Crippen LogP contribution in [0.3, 0.4) is 0 Å². The Balaban J connectivity index is 0.000000204. The summed E-state index contributed by atoms with van der Waals surface area (Å²) in [6.07, 6.45) is 17.2. The fraction of sp³-hybridized carbons (Fsp3) is 0.323. The van der Waals surface area contributed by atoms with Crippen LogP contribution in [0.1, 0.15) is 108 Å². The Kier molecular flexibility index (Phi) is 14.8. The van der Waals surface area contributed by atoms with Crippen molar-refractivity contribution < 1.29 is 20.1 Å². The maximum Gasteiger partial charge on any atom is 0 e. The van der Waals surface area contributed by atoms with Crippen LogP contribution < -0.4 is 4.40 Å². The van der Waals surface area contributed by atoms with Crippen molar-refractivity contribution in [1.29, 1.82) is 0 Å². The summed E-state index contributed by atoms with van der Waals surface area (Å²) in [7, 11) is 0. The summed E-state index contributed by atoms with van der Waals surface area (Å²) in [4.78, 5) is 10.1. The number of fused-ring (bicyclic) bond motifs is 4. The molecule has 68 heavy (non-hydrogen) atoms. The number of nitrogens with zero attached hydrogens (tertiary/aromatic N) is 3. The van der Waals surface area contributed by atoms with Gasteiger partial charge in [-0.15, -0.1) is 18.2 Å². The van der Waals surface area contributed by atoms with E-state index in [0.29, 0.717) is 5.92 Å². The Hall–Kier alpha value is -4.65. The molecular weight excluding hydrogens is 1080 g/mol. The second-order valence-corrected chi connectivity index (χ2v) is 33.0. The van der Waals surface area contributed by atoms with Gasteiger partial charge in [-0.1, -0.05) is 112 Å². The second-order valence-electron chi connectivity index (χ2n) is 21.4. The van der Waals surface area contributed by atoms with Crippen molar-refractivity contribution in [2.24, 2.45) is 5.92 Å². The van der Waals surface area contributed by atoms with Gasteiger partial charge < -0.3 is 4.57 Å². The number of pyridine rings is 1. The summed E-state index contributed by atoms with van der Waals surface area (Å²) in [6.45, 7) is 6.85. The predicted octanol–water partition coefficient (Wildman–Crippen LogP) is 17.1. The van der Waals surface area contributed by atoms with Gasteiger partial charge in [0, 0.05) is 36.1 Å². The molecule has 11 rings (SSSR count).